The second-order valence-corrected chi connectivity index (χ2v) is 6.39. The molecule has 2 aromatic heterocycles. The zero-order valence-corrected chi connectivity index (χ0v) is 15.6. The maximum Gasteiger partial charge on any atom is 0.291 e. The summed E-state index contributed by atoms with van der Waals surface area (Å²) in [7, 11) is 0. The summed E-state index contributed by atoms with van der Waals surface area (Å²) < 4.78 is 5.07. The van der Waals surface area contributed by atoms with E-state index >= 15 is 0 Å². The van der Waals surface area contributed by atoms with Crippen LogP contribution >= 0.6 is 0 Å². The van der Waals surface area contributed by atoms with Gasteiger partial charge < -0.3 is 14.7 Å². The Morgan fingerprint density at radius 2 is 1.76 bits per heavy atom. The van der Waals surface area contributed by atoms with Crippen molar-refractivity contribution < 1.29 is 14.0 Å². The van der Waals surface area contributed by atoms with Crippen molar-refractivity contribution in [2.24, 2.45) is 5.10 Å². The third-order valence-electron chi connectivity index (χ3n) is 4.46. The van der Waals surface area contributed by atoms with Crippen molar-refractivity contribution in [1.82, 2.24) is 10.4 Å². The SMILES string of the molecule is CC(=NNC(=O)c1c[nH]c2ccccc12)c1ccc(NC(=O)c2ccco2)cc1. The van der Waals surface area contributed by atoms with Crippen molar-refractivity contribution in [2.45, 2.75) is 6.92 Å². The van der Waals surface area contributed by atoms with Gasteiger partial charge in [0, 0.05) is 22.8 Å². The lowest BCUT2D eigenvalue weighted by Gasteiger charge is -2.06. The van der Waals surface area contributed by atoms with Crippen LogP contribution in [0.1, 0.15) is 33.4 Å². The van der Waals surface area contributed by atoms with Crippen LogP contribution < -0.4 is 10.7 Å². The molecule has 2 heterocycles. The molecule has 0 atom stereocenters. The Morgan fingerprint density at radius 1 is 0.966 bits per heavy atom. The van der Waals surface area contributed by atoms with Gasteiger partial charge in [-0.3, -0.25) is 9.59 Å². The summed E-state index contributed by atoms with van der Waals surface area (Å²) in [6.45, 7) is 1.80. The van der Waals surface area contributed by atoms with E-state index in [0.717, 1.165) is 16.5 Å². The number of aromatic amines is 1. The number of furan rings is 1. The molecule has 7 nitrogen and oxygen atoms in total. The van der Waals surface area contributed by atoms with Gasteiger partial charge in [-0.15, -0.1) is 0 Å². The molecule has 144 valence electrons. The normalized spacial score (nSPS) is 11.4. The van der Waals surface area contributed by atoms with Crippen LogP contribution in [-0.2, 0) is 0 Å². The van der Waals surface area contributed by atoms with Gasteiger partial charge in [0.2, 0.25) is 0 Å². The van der Waals surface area contributed by atoms with E-state index in [9.17, 15) is 9.59 Å². The van der Waals surface area contributed by atoms with Crippen LogP contribution in [0, 0.1) is 0 Å². The monoisotopic (exact) mass is 386 g/mol. The molecular weight excluding hydrogens is 368 g/mol. The Bertz CT molecular complexity index is 1190. The van der Waals surface area contributed by atoms with Crippen molar-refractivity contribution in [2.75, 3.05) is 5.32 Å². The summed E-state index contributed by atoms with van der Waals surface area (Å²) in [5.74, 6) is -0.366. The number of benzene rings is 2. The number of para-hydroxylation sites is 1. The second-order valence-electron chi connectivity index (χ2n) is 6.39. The number of amides is 2. The highest BCUT2D eigenvalue weighted by Gasteiger charge is 2.11. The minimum atomic E-state index is -0.320. The van der Waals surface area contributed by atoms with E-state index < -0.39 is 0 Å². The van der Waals surface area contributed by atoms with Gasteiger partial charge in [0.15, 0.2) is 5.76 Å². The zero-order chi connectivity index (χ0) is 20.2. The molecule has 0 unspecified atom stereocenters. The fourth-order valence-electron chi connectivity index (χ4n) is 2.91. The number of fused-ring (bicyclic) bond motifs is 1. The van der Waals surface area contributed by atoms with Gasteiger partial charge >= 0.3 is 0 Å². The first-order valence-electron chi connectivity index (χ1n) is 8.98. The fraction of sp³-hybridized carbons (Fsp3) is 0.0455. The van der Waals surface area contributed by atoms with Crippen LogP contribution in [0.4, 0.5) is 5.69 Å². The van der Waals surface area contributed by atoms with Crippen LogP contribution in [0.25, 0.3) is 10.9 Å². The molecule has 2 aromatic carbocycles. The number of hydrogen-bond acceptors (Lipinski definition) is 4. The van der Waals surface area contributed by atoms with Crippen LogP contribution in [0.15, 0.2) is 82.6 Å². The minimum absolute atomic E-state index is 0.242. The number of H-pyrrole nitrogens is 1. The molecule has 0 aliphatic heterocycles. The van der Waals surface area contributed by atoms with E-state index in [1.165, 1.54) is 6.26 Å². The summed E-state index contributed by atoms with van der Waals surface area (Å²) in [5.41, 5.74) is 6.11. The first-order chi connectivity index (χ1) is 14.1. The van der Waals surface area contributed by atoms with Crippen molar-refractivity contribution >= 4 is 34.1 Å². The molecular formula is C22H18N4O3. The topological polar surface area (TPSA) is 99.5 Å². The van der Waals surface area contributed by atoms with E-state index in [2.05, 4.69) is 20.8 Å². The van der Waals surface area contributed by atoms with Crippen molar-refractivity contribution in [3.63, 3.8) is 0 Å². The number of hydrazone groups is 1. The quantitative estimate of drug-likeness (QED) is 0.355. The lowest BCUT2D eigenvalue weighted by molar-refractivity contribution is 0.0955. The molecule has 0 radical (unpaired) electrons. The predicted octanol–water partition coefficient (Wildman–Crippen LogP) is 4.17. The molecule has 7 heteroatoms. The molecule has 0 spiro atoms. The molecule has 3 N–H and O–H groups in total. The van der Waals surface area contributed by atoms with Crippen LogP contribution in [0.5, 0.6) is 0 Å². The average molecular weight is 386 g/mol. The number of carbonyl (C=O) groups is 2. The Labute approximate surface area is 166 Å². The Kier molecular flexibility index (Phi) is 4.94. The number of carbonyl (C=O) groups excluding carboxylic acids is 2. The first kappa shape index (κ1) is 18.2. The molecule has 0 saturated carbocycles. The number of hydrogen-bond donors (Lipinski definition) is 3. The number of nitrogens with zero attached hydrogens (tertiary/aromatic N) is 1. The van der Waals surface area contributed by atoms with Crippen LogP contribution in [-0.4, -0.2) is 22.5 Å². The third kappa shape index (κ3) is 3.93. The van der Waals surface area contributed by atoms with Gasteiger partial charge in [0.25, 0.3) is 11.8 Å². The Morgan fingerprint density at radius 3 is 2.52 bits per heavy atom. The molecule has 2 amide bonds. The number of nitrogens with one attached hydrogen (secondary N) is 3. The number of aromatic nitrogens is 1. The third-order valence-corrected chi connectivity index (χ3v) is 4.46. The van der Waals surface area contributed by atoms with Gasteiger partial charge in [-0.2, -0.15) is 5.10 Å². The minimum Gasteiger partial charge on any atom is -0.459 e. The average Bonchev–Trinajstić information content (AvgIpc) is 3.42. The predicted molar refractivity (Wildman–Crippen MR) is 111 cm³/mol. The summed E-state index contributed by atoms with van der Waals surface area (Å²) >= 11 is 0. The fourth-order valence-corrected chi connectivity index (χ4v) is 2.91. The highest BCUT2D eigenvalue weighted by Crippen LogP contribution is 2.17. The summed E-state index contributed by atoms with van der Waals surface area (Å²) in [6, 6.07) is 18.0. The standard InChI is InChI=1S/C22H18N4O3/c1-14(25-26-21(27)18-13-23-19-6-3-2-5-17(18)19)15-8-10-16(11-9-15)24-22(28)20-7-4-12-29-20/h2-13,23H,1H3,(H,24,28)(H,26,27). The molecule has 29 heavy (non-hydrogen) atoms. The van der Waals surface area contributed by atoms with Gasteiger partial charge in [-0.25, -0.2) is 5.43 Å². The molecule has 0 bridgehead atoms. The van der Waals surface area contributed by atoms with Crippen LogP contribution in [0.2, 0.25) is 0 Å². The number of anilines is 1. The zero-order valence-electron chi connectivity index (χ0n) is 15.6. The largest absolute Gasteiger partial charge is 0.459 e. The van der Waals surface area contributed by atoms with Crippen molar-refractivity contribution in [3.05, 3.63) is 90.0 Å². The first-order valence-corrected chi connectivity index (χ1v) is 8.98. The van der Waals surface area contributed by atoms with E-state index in [1.807, 2.05) is 36.4 Å². The van der Waals surface area contributed by atoms with Crippen molar-refractivity contribution in [3.8, 4) is 0 Å². The smallest absolute Gasteiger partial charge is 0.291 e. The van der Waals surface area contributed by atoms with Crippen LogP contribution in [0.3, 0.4) is 0 Å². The molecule has 0 aliphatic rings. The molecule has 0 aliphatic carbocycles. The molecule has 4 rings (SSSR count). The van der Waals surface area contributed by atoms with E-state index in [0.29, 0.717) is 17.0 Å². The molecule has 0 fully saturated rings. The Hall–Kier alpha value is -4.13. The van der Waals surface area contributed by atoms with Gasteiger partial charge in [0.1, 0.15) is 0 Å². The second kappa shape index (κ2) is 7.85. The lowest BCUT2D eigenvalue weighted by atomic mass is 10.1. The summed E-state index contributed by atoms with van der Waals surface area (Å²) in [5, 5.41) is 7.78. The molecule has 0 saturated heterocycles. The maximum absolute atomic E-state index is 12.4. The summed E-state index contributed by atoms with van der Waals surface area (Å²) in [4.78, 5) is 27.5. The van der Waals surface area contributed by atoms with E-state index in [1.54, 1.807) is 37.4 Å². The number of rotatable bonds is 5. The van der Waals surface area contributed by atoms with Gasteiger partial charge in [-0.05, 0) is 42.8 Å². The summed E-state index contributed by atoms with van der Waals surface area (Å²) in [6.07, 6.45) is 3.11. The lowest BCUT2D eigenvalue weighted by Crippen LogP contribution is -2.19. The highest BCUT2D eigenvalue weighted by atomic mass is 16.3. The highest BCUT2D eigenvalue weighted by molar-refractivity contribution is 6.08. The van der Waals surface area contributed by atoms with E-state index in [4.69, 9.17) is 4.42 Å². The molecule has 4 aromatic rings. The van der Waals surface area contributed by atoms with E-state index in [-0.39, 0.29) is 17.6 Å². The van der Waals surface area contributed by atoms with Gasteiger partial charge in [-0.1, -0.05) is 30.3 Å². The Balaban J connectivity index is 1.42. The maximum atomic E-state index is 12.4. The van der Waals surface area contributed by atoms with Gasteiger partial charge in [0.05, 0.1) is 17.5 Å². The van der Waals surface area contributed by atoms with Crippen molar-refractivity contribution in [1.29, 1.82) is 0 Å².